The van der Waals surface area contributed by atoms with Crippen molar-refractivity contribution in [3.63, 3.8) is 0 Å². The smallest absolute Gasteiger partial charge is 0.255 e. The number of carbonyl (C=O) groups is 1. The lowest BCUT2D eigenvalue weighted by Gasteiger charge is -2.12. The number of hydrogen-bond donors (Lipinski definition) is 2. The molecule has 0 aromatic heterocycles. The summed E-state index contributed by atoms with van der Waals surface area (Å²) in [5, 5.41) is 2.98. The Morgan fingerprint density at radius 2 is 2.29 bits per heavy atom. The van der Waals surface area contributed by atoms with Gasteiger partial charge < -0.3 is 15.8 Å². The van der Waals surface area contributed by atoms with Crippen LogP contribution in [-0.2, 0) is 0 Å². The van der Waals surface area contributed by atoms with Gasteiger partial charge in [-0.05, 0) is 19.1 Å². The number of carbonyl (C=O) groups excluding carboxylic acids is 1. The van der Waals surface area contributed by atoms with Crippen molar-refractivity contribution in [3.05, 3.63) is 35.4 Å². The highest BCUT2D eigenvalue weighted by Crippen LogP contribution is 2.26. The molecule has 17 heavy (non-hydrogen) atoms. The molecule has 3 N–H and O–H groups in total. The second-order valence-corrected chi connectivity index (χ2v) is 3.89. The lowest BCUT2D eigenvalue weighted by Crippen LogP contribution is -2.25. The molecule has 0 saturated carbocycles. The quantitative estimate of drug-likeness (QED) is 0.792. The molecule has 1 aromatic rings. The van der Waals surface area contributed by atoms with Crippen LogP contribution in [0.2, 0.25) is 0 Å². The monoisotopic (exact) mass is 254 g/mol. The van der Waals surface area contributed by atoms with Crippen LogP contribution < -0.4 is 15.8 Å². The first-order valence-electron chi connectivity index (χ1n) is 5.19. The number of nitrogen functional groups attached to an aromatic ring is 1. The molecular formula is C12H15ClN2O2. The molecular weight excluding hydrogens is 240 g/mol. The zero-order chi connectivity index (χ0) is 12.8. The molecule has 92 valence electrons. The van der Waals surface area contributed by atoms with Crippen molar-refractivity contribution in [2.75, 3.05) is 18.9 Å². The molecule has 4 nitrogen and oxygen atoms in total. The highest BCUT2D eigenvalue weighted by molar-refractivity contribution is 6.29. The summed E-state index contributed by atoms with van der Waals surface area (Å²) >= 11 is 5.58. The van der Waals surface area contributed by atoms with E-state index in [1.165, 1.54) is 0 Å². The molecule has 0 radical (unpaired) electrons. The van der Waals surface area contributed by atoms with Gasteiger partial charge in [0, 0.05) is 5.03 Å². The first kappa shape index (κ1) is 13.4. The molecule has 1 rings (SSSR count). The van der Waals surface area contributed by atoms with Gasteiger partial charge in [-0.1, -0.05) is 24.2 Å². The number of amides is 1. The maximum Gasteiger partial charge on any atom is 0.255 e. The van der Waals surface area contributed by atoms with Gasteiger partial charge in [0.1, 0.15) is 0 Å². The minimum Gasteiger partial charge on any atom is -0.491 e. The number of para-hydroxylation sites is 1. The van der Waals surface area contributed by atoms with Gasteiger partial charge in [0.05, 0.1) is 24.4 Å². The number of halogens is 1. The Balaban J connectivity index is 2.92. The van der Waals surface area contributed by atoms with Gasteiger partial charge in [-0.3, -0.25) is 4.79 Å². The minimum atomic E-state index is -0.289. The van der Waals surface area contributed by atoms with Gasteiger partial charge in [-0.15, -0.1) is 0 Å². The van der Waals surface area contributed by atoms with E-state index in [2.05, 4.69) is 11.9 Å². The third-order valence-electron chi connectivity index (χ3n) is 2.02. The van der Waals surface area contributed by atoms with Gasteiger partial charge in [-0.2, -0.15) is 0 Å². The summed E-state index contributed by atoms with van der Waals surface area (Å²) in [6.45, 7) is 5.97. The Hall–Kier alpha value is -1.68. The average molecular weight is 255 g/mol. The average Bonchev–Trinajstić information content (AvgIpc) is 2.29. The predicted octanol–water partition coefficient (Wildman–Crippen LogP) is 2.15. The largest absolute Gasteiger partial charge is 0.491 e. The summed E-state index contributed by atoms with van der Waals surface area (Å²) < 4.78 is 5.35. The number of rotatable bonds is 5. The molecule has 1 amide bonds. The van der Waals surface area contributed by atoms with Crippen LogP contribution in [0.1, 0.15) is 17.3 Å². The van der Waals surface area contributed by atoms with E-state index in [9.17, 15) is 4.79 Å². The lowest BCUT2D eigenvalue weighted by atomic mass is 10.1. The van der Waals surface area contributed by atoms with Gasteiger partial charge in [0.15, 0.2) is 5.75 Å². The van der Waals surface area contributed by atoms with Crippen molar-refractivity contribution < 1.29 is 9.53 Å². The van der Waals surface area contributed by atoms with Crippen molar-refractivity contribution in [1.82, 2.24) is 5.32 Å². The normalized spacial score (nSPS) is 9.76. The van der Waals surface area contributed by atoms with Crippen LogP contribution in [0, 0.1) is 0 Å². The van der Waals surface area contributed by atoms with E-state index in [1.54, 1.807) is 18.2 Å². The molecule has 5 heteroatoms. The van der Waals surface area contributed by atoms with E-state index in [0.29, 0.717) is 28.6 Å². The first-order chi connectivity index (χ1) is 8.06. The van der Waals surface area contributed by atoms with E-state index < -0.39 is 0 Å². The molecule has 0 heterocycles. The summed E-state index contributed by atoms with van der Waals surface area (Å²) in [5.41, 5.74) is 6.58. The Bertz CT molecular complexity index is 433. The molecule has 0 aliphatic rings. The maximum absolute atomic E-state index is 11.9. The number of ether oxygens (including phenoxy) is 1. The summed E-state index contributed by atoms with van der Waals surface area (Å²) in [6.07, 6.45) is 0. The van der Waals surface area contributed by atoms with Crippen LogP contribution in [0.4, 0.5) is 5.69 Å². The molecule has 0 atom stereocenters. The number of anilines is 1. The fourth-order valence-corrected chi connectivity index (χ4v) is 1.38. The molecule has 0 unspecified atom stereocenters. The second-order valence-electron chi connectivity index (χ2n) is 3.36. The van der Waals surface area contributed by atoms with Crippen LogP contribution >= 0.6 is 11.6 Å². The zero-order valence-corrected chi connectivity index (χ0v) is 10.4. The Kier molecular flexibility index (Phi) is 4.84. The standard InChI is InChI=1S/C12H15ClN2O2/c1-3-17-11-9(5-4-6-10(11)14)12(16)15-7-8(2)13/h4-6H,2-3,7,14H2,1H3,(H,15,16). The highest BCUT2D eigenvalue weighted by Gasteiger charge is 2.14. The third-order valence-corrected chi connectivity index (χ3v) is 2.15. The number of nitrogens with two attached hydrogens (primary N) is 1. The zero-order valence-electron chi connectivity index (χ0n) is 9.63. The third kappa shape index (κ3) is 3.67. The van der Waals surface area contributed by atoms with Crippen molar-refractivity contribution in [2.45, 2.75) is 6.92 Å². The van der Waals surface area contributed by atoms with Crippen molar-refractivity contribution in [1.29, 1.82) is 0 Å². The summed E-state index contributed by atoms with van der Waals surface area (Å²) in [6, 6.07) is 5.03. The number of benzene rings is 1. The summed E-state index contributed by atoms with van der Waals surface area (Å²) in [5.74, 6) is 0.107. The molecule has 0 aliphatic heterocycles. The molecule has 0 saturated heterocycles. The van der Waals surface area contributed by atoms with E-state index in [-0.39, 0.29) is 12.5 Å². The summed E-state index contributed by atoms with van der Waals surface area (Å²) in [7, 11) is 0. The summed E-state index contributed by atoms with van der Waals surface area (Å²) in [4.78, 5) is 11.9. The van der Waals surface area contributed by atoms with Crippen LogP contribution in [0.25, 0.3) is 0 Å². The predicted molar refractivity (Wildman–Crippen MR) is 69.3 cm³/mol. The van der Waals surface area contributed by atoms with Gasteiger partial charge in [0.25, 0.3) is 5.91 Å². The van der Waals surface area contributed by atoms with Crippen LogP contribution in [-0.4, -0.2) is 19.1 Å². The van der Waals surface area contributed by atoms with Crippen molar-refractivity contribution in [3.8, 4) is 5.75 Å². The van der Waals surface area contributed by atoms with Crippen molar-refractivity contribution >= 4 is 23.2 Å². The highest BCUT2D eigenvalue weighted by atomic mass is 35.5. The minimum absolute atomic E-state index is 0.209. The number of hydrogen-bond acceptors (Lipinski definition) is 3. The molecule has 1 aromatic carbocycles. The second kappa shape index (κ2) is 6.15. The molecule has 0 spiro atoms. The van der Waals surface area contributed by atoms with Gasteiger partial charge in [0.2, 0.25) is 0 Å². The lowest BCUT2D eigenvalue weighted by molar-refractivity contribution is 0.0954. The molecule has 0 fully saturated rings. The number of nitrogens with one attached hydrogen (secondary N) is 1. The first-order valence-corrected chi connectivity index (χ1v) is 5.56. The Morgan fingerprint density at radius 1 is 1.59 bits per heavy atom. The molecule has 0 aliphatic carbocycles. The van der Waals surface area contributed by atoms with E-state index in [1.807, 2.05) is 6.92 Å². The van der Waals surface area contributed by atoms with E-state index in [0.717, 1.165) is 0 Å². The SMILES string of the molecule is C=C(Cl)CNC(=O)c1cccc(N)c1OCC. The topological polar surface area (TPSA) is 64.4 Å². The van der Waals surface area contributed by atoms with Gasteiger partial charge in [-0.25, -0.2) is 0 Å². The fraction of sp³-hybridized carbons (Fsp3) is 0.250. The van der Waals surface area contributed by atoms with E-state index in [4.69, 9.17) is 22.1 Å². The maximum atomic E-state index is 11.9. The van der Waals surface area contributed by atoms with Crippen LogP contribution in [0.5, 0.6) is 5.75 Å². The van der Waals surface area contributed by atoms with Gasteiger partial charge >= 0.3 is 0 Å². The van der Waals surface area contributed by atoms with Crippen molar-refractivity contribution in [2.24, 2.45) is 0 Å². The van der Waals surface area contributed by atoms with Crippen LogP contribution in [0.3, 0.4) is 0 Å². The van der Waals surface area contributed by atoms with Crippen LogP contribution in [0.15, 0.2) is 29.8 Å². The Labute approximate surface area is 105 Å². The fourth-order valence-electron chi connectivity index (χ4n) is 1.31. The van der Waals surface area contributed by atoms with E-state index >= 15 is 0 Å². The molecule has 0 bridgehead atoms. The Morgan fingerprint density at radius 3 is 2.88 bits per heavy atom.